The van der Waals surface area contributed by atoms with Crippen molar-refractivity contribution in [3.8, 4) is 0 Å². The van der Waals surface area contributed by atoms with Crippen molar-refractivity contribution in [2.45, 2.75) is 6.92 Å². The van der Waals surface area contributed by atoms with Crippen LogP contribution in [0.15, 0.2) is 72.4 Å². The fraction of sp³-hybridized carbons (Fsp3) is 0.0435. The standard InChI is InChI=1S/C23H15F3N2O2/c1-13-4-2-3-5-18(13)27-21-20(14-6-8-15(24)9-7-14)22(29)28(23(21)30)19-11-10-16(25)12-17(19)26/h2-12,27H,1H3. The zero-order valence-electron chi connectivity index (χ0n) is 15.7. The molecule has 150 valence electrons. The number of anilines is 2. The zero-order chi connectivity index (χ0) is 21.4. The predicted molar refractivity (Wildman–Crippen MR) is 107 cm³/mol. The smallest absolute Gasteiger partial charge is 0.282 e. The number of benzene rings is 3. The second-order valence-electron chi connectivity index (χ2n) is 6.74. The van der Waals surface area contributed by atoms with Crippen molar-refractivity contribution >= 4 is 28.8 Å². The van der Waals surface area contributed by atoms with Crippen LogP contribution in [0.4, 0.5) is 24.5 Å². The Bertz CT molecular complexity index is 1200. The third kappa shape index (κ3) is 3.34. The van der Waals surface area contributed by atoms with Crippen LogP contribution in [0.5, 0.6) is 0 Å². The second-order valence-corrected chi connectivity index (χ2v) is 6.74. The molecular weight excluding hydrogens is 393 g/mol. The lowest BCUT2D eigenvalue weighted by Gasteiger charge is -2.16. The summed E-state index contributed by atoms with van der Waals surface area (Å²) in [6.45, 7) is 1.82. The zero-order valence-corrected chi connectivity index (χ0v) is 15.7. The first-order valence-electron chi connectivity index (χ1n) is 9.03. The SMILES string of the molecule is Cc1ccccc1NC1=C(c2ccc(F)cc2)C(=O)N(c2ccc(F)cc2F)C1=O. The molecule has 2 amide bonds. The first-order valence-corrected chi connectivity index (χ1v) is 9.03. The Balaban J connectivity index is 1.86. The molecule has 0 atom stereocenters. The lowest BCUT2D eigenvalue weighted by molar-refractivity contribution is -0.120. The van der Waals surface area contributed by atoms with Crippen molar-refractivity contribution in [2.75, 3.05) is 10.2 Å². The molecule has 7 heteroatoms. The van der Waals surface area contributed by atoms with Gasteiger partial charge in [-0.3, -0.25) is 9.59 Å². The molecule has 3 aromatic rings. The van der Waals surface area contributed by atoms with E-state index in [1.165, 1.54) is 12.1 Å². The number of nitrogens with one attached hydrogen (secondary N) is 1. The maximum atomic E-state index is 14.4. The Morgan fingerprint density at radius 3 is 2.13 bits per heavy atom. The molecule has 1 heterocycles. The van der Waals surface area contributed by atoms with Crippen LogP contribution >= 0.6 is 0 Å². The van der Waals surface area contributed by atoms with Crippen LogP contribution in [0.2, 0.25) is 0 Å². The van der Waals surface area contributed by atoms with Gasteiger partial charge in [0, 0.05) is 11.8 Å². The normalized spacial score (nSPS) is 13.9. The number of halogens is 3. The van der Waals surface area contributed by atoms with E-state index in [0.717, 1.165) is 29.8 Å². The first-order chi connectivity index (χ1) is 14.4. The van der Waals surface area contributed by atoms with Gasteiger partial charge in [-0.15, -0.1) is 0 Å². The highest BCUT2D eigenvalue weighted by atomic mass is 19.1. The molecule has 1 N–H and O–H groups in total. The van der Waals surface area contributed by atoms with Gasteiger partial charge in [0.2, 0.25) is 0 Å². The quantitative estimate of drug-likeness (QED) is 0.631. The molecule has 4 nitrogen and oxygen atoms in total. The lowest BCUT2D eigenvalue weighted by atomic mass is 10.0. The Labute approximate surface area is 170 Å². The van der Waals surface area contributed by atoms with Gasteiger partial charge in [0.1, 0.15) is 23.1 Å². The van der Waals surface area contributed by atoms with E-state index in [2.05, 4.69) is 5.32 Å². The van der Waals surface area contributed by atoms with Gasteiger partial charge in [0.15, 0.2) is 0 Å². The number of amides is 2. The number of para-hydroxylation sites is 1. The van der Waals surface area contributed by atoms with Crippen molar-refractivity contribution in [1.29, 1.82) is 0 Å². The van der Waals surface area contributed by atoms with Gasteiger partial charge in [-0.25, -0.2) is 18.1 Å². The number of hydrogen-bond donors (Lipinski definition) is 1. The summed E-state index contributed by atoms with van der Waals surface area (Å²) in [7, 11) is 0. The molecule has 0 fully saturated rings. The summed E-state index contributed by atoms with van der Waals surface area (Å²) >= 11 is 0. The van der Waals surface area contributed by atoms with Crippen LogP contribution < -0.4 is 10.2 Å². The van der Waals surface area contributed by atoms with E-state index in [4.69, 9.17) is 0 Å². The van der Waals surface area contributed by atoms with Crippen LogP contribution in [-0.4, -0.2) is 11.8 Å². The van der Waals surface area contributed by atoms with E-state index >= 15 is 0 Å². The summed E-state index contributed by atoms with van der Waals surface area (Å²) in [6.07, 6.45) is 0. The van der Waals surface area contributed by atoms with Gasteiger partial charge in [0.05, 0.1) is 11.3 Å². The molecule has 0 radical (unpaired) electrons. The fourth-order valence-corrected chi connectivity index (χ4v) is 3.26. The van der Waals surface area contributed by atoms with Gasteiger partial charge in [-0.05, 0) is 48.4 Å². The molecule has 0 aliphatic carbocycles. The first kappa shape index (κ1) is 19.4. The minimum atomic E-state index is -1.05. The largest absolute Gasteiger partial charge is 0.350 e. The molecule has 1 aliphatic heterocycles. The minimum absolute atomic E-state index is 0.0352. The van der Waals surface area contributed by atoms with E-state index in [-0.39, 0.29) is 22.5 Å². The van der Waals surface area contributed by atoms with Crippen molar-refractivity contribution in [3.63, 3.8) is 0 Å². The number of imide groups is 1. The second kappa shape index (κ2) is 7.51. The third-order valence-corrected chi connectivity index (χ3v) is 4.77. The predicted octanol–water partition coefficient (Wildman–Crippen LogP) is 4.81. The molecule has 0 bridgehead atoms. The summed E-state index contributed by atoms with van der Waals surface area (Å²) in [4.78, 5) is 27.0. The summed E-state index contributed by atoms with van der Waals surface area (Å²) in [5, 5.41) is 2.96. The summed E-state index contributed by atoms with van der Waals surface area (Å²) < 4.78 is 41.1. The minimum Gasteiger partial charge on any atom is -0.350 e. The molecule has 0 aromatic heterocycles. The molecule has 1 aliphatic rings. The van der Waals surface area contributed by atoms with Crippen LogP contribution in [0, 0.1) is 24.4 Å². The van der Waals surface area contributed by atoms with Crippen molar-refractivity contribution < 1.29 is 22.8 Å². The molecule has 0 saturated carbocycles. The Morgan fingerprint density at radius 2 is 1.47 bits per heavy atom. The van der Waals surface area contributed by atoms with Gasteiger partial charge in [-0.2, -0.15) is 0 Å². The van der Waals surface area contributed by atoms with Crippen LogP contribution in [-0.2, 0) is 9.59 Å². The van der Waals surface area contributed by atoms with Crippen LogP contribution in [0.25, 0.3) is 5.57 Å². The maximum absolute atomic E-state index is 14.4. The number of carbonyl (C=O) groups is 2. The number of rotatable bonds is 4. The molecule has 4 rings (SSSR count). The average molecular weight is 408 g/mol. The number of carbonyl (C=O) groups excluding carboxylic acids is 2. The van der Waals surface area contributed by atoms with E-state index in [9.17, 15) is 22.8 Å². The molecule has 30 heavy (non-hydrogen) atoms. The highest BCUT2D eigenvalue weighted by Crippen LogP contribution is 2.35. The topological polar surface area (TPSA) is 49.4 Å². The Kier molecular flexibility index (Phi) is 4.87. The molecular formula is C23H15F3N2O2. The summed E-state index contributed by atoms with van der Waals surface area (Å²) in [6, 6.07) is 14.7. The average Bonchev–Trinajstić information content (AvgIpc) is 2.95. The number of aryl methyl sites for hydroxylation is 1. The summed E-state index contributed by atoms with van der Waals surface area (Å²) in [5.74, 6) is -3.99. The Hall–Kier alpha value is -3.87. The molecule has 0 unspecified atom stereocenters. The van der Waals surface area contributed by atoms with Crippen molar-refractivity contribution in [1.82, 2.24) is 0 Å². The maximum Gasteiger partial charge on any atom is 0.282 e. The molecule has 0 spiro atoms. The Morgan fingerprint density at radius 1 is 0.800 bits per heavy atom. The summed E-state index contributed by atoms with van der Waals surface area (Å²) in [5.41, 5.74) is 1.20. The highest BCUT2D eigenvalue weighted by Gasteiger charge is 2.41. The monoisotopic (exact) mass is 408 g/mol. The van der Waals surface area contributed by atoms with E-state index < -0.39 is 29.3 Å². The van der Waals surface area contributed by atoms with E-state index in [1.54, 1.807) is 12.1 Å². The molecule has 0 saturated heterocycles. The van der Waals surface area contributed by atoms with Crippen LogP contribution in [0.1, 0.15) is 11.1 Å². The van der Waals surface area contributed by atoms with Gasteiger partial charge in [0.25, 0.3) is 11.8 Å². The third-order valence-electron chi connectivity index (χ3n) is 4.77. The van der Waals surface area contributed by atoms with Crippen molar-refractivity contribution in [2.24, 2.45) is 0 Å². The lowest BCUT2D eigenvalue weighted by Crippen LogP contribution is -2.33. The van der Waals surface area contributed by atoms with E-state index in [0.29, 0.717) is 16.7 Å². The van der Waals surface area contributed by atoms with Crippen molar-refractivity contribution in [3.05, 3.63) is 101 Å². The fourth-order valence-electron chi connectivity index (χ4n) is 3.26. The van der Waals surface area contributed by atoms with Gasteiger partial charge >= 0.3 is 0 Å². The van der Waals surface area contributed by atoms with Gasteiger partial charge in [-0.1, -0.05) is 30.3 Å². The number of hydrogen-bond acceptors (Lipinski definition) is 3. The highest BCUT2D eigenvalue weighted by molar-refractivity contribution is 6.46. The number of nitrogens with zero attached hydrogens (tertiary/aromatic N) is 1. The van der Waals surface area contributed by atoms with Gasteiger partial charge < -0.3 is 5.32 Å². The van der Waals surface area contributed by atoms with Crippen LogP contribution in [0.3, 0.4) is 0 Å². The van der Waals surface area contributed by atoms with E-state index in [1.807, 2.05) is 19.1 Å². The molecule has 3 aromatic carbocycles.